The lowest BCUT2D eigenvalue weighted by atomic mass is 10.0. The Labute approximate surface area is 200 Å². The van der Waals surface area contributed by atoms with E-state index >= 15 is 0 Å². The fourth-order valence-corrected chi connectivity index (χ4v) is 4.71. The Balaban J connectivity index is 2.10. The second kappa shape index (κ2) is 10.7. The molecule has 0 amide bonds. The minimum Gasteiger partial charge on any atom is -0.462 e. The molecule has 0 aliphatic carbocycles. The first-order valence-corrected chi connectivity index (χ1v) is 12.3. The van der Waals surface area contributed by atoms with Crippen LogP contribution in [-0.2, 0) is 15.9 Å². The number of benzene rings is 1. The van der Waals surface area contributed by atoms with E-state index in [9.17, 15) is 9.59 Å². The average Bonchev–Trinajstić information content (AvgIpc) is 3.19. The number of hydrogen-bond acceptors (Lipinski definition) is 6. The van der Waals surface area contributed by atoms with Crippen LogP contribution >= 0.6 is 0 Å². The Kier molecular flexibility index (Phi) is 7.50. The lowest BCUT2D eigenvalue weighted by molar-refractivity contribution is 0.0480. The van der Waals surface area contributed by atoms with Gasteiger partial charge in [-0.05, 0) is 51.2 Å². The quantitative estimate of drug-likeness (QED) is 0.422. The summed E-state index contributed by atoms with van der Waals surface area (Å²) in [5, 5.41) is 5.00. The highest BCUT2D eigenvalue weighted by Gasteiger charge is 2.33. The molecule has 0 N–H and O–H groups in total. The van der Waals surface area contributed by atoms with E-state index in [-0.39, 0.29) is 24.3 Å². The molecule has 180 valence electrons. The maximum absolute atomic E-state index is 13.3. The highest BCUT2D eigenvalue weighted by molar-refractivity contribution is 6.12. The van der Waals surface area contributed by atoms with Gasteiger partial charge in [0.2, 0.25) is 0 Å². The zero-order chi connectivity index (χ0) is 24.1. The van der Waals surface area contributed by atoms with E-state index < -0.39 is 11.9 Å². The Morgan fingerprint density at radius 2 is 1.56 bits per heavy atom. The van der Waals surface area contributed by atoms with Crippen LogP contribution in [0.3, 0.4) is 0 Å². The summed E-state index contributed by atoms with van der Waals surface area (Å²) in [7, 11) is 0. The molecule has 7 nitrogen and oxygen atoms in total. The maximum atomic E-state index is 13.3. The molecule has 1 aromatic carbocycles. The highest BCUT2D eigenvalue weighted by atomic mass is 16.5. The summed E-state index contributed by atoms with van der Waals surface area (Å²) in [6, 6.07) is 12.0. The number of ether oxygens (including phenoxy) is 2. The average molecular weight is 464 g/mol. The van der Waals surface area contributed by atoms with Crippen LogP contribution in [0.4, 0.5) is 5.82 Å². The maximum Gasteiger partial charge on any atom is 0.341 e. The summed E-state index contributed by atoms with van der Waals surface area (Å²) in [6.45, 7) is 7.87. The lowest BCUT2D eigenvalue weighted by Crippen LogP contribution is -2.30. The fraction of sp³-hybridized carbons (Fsp3) is 0.444. The van der Waals surface area contributed by atoms with Crippen molar-refractivity contribution in [2.45, 2.75) is 52.9 Å². The summed E-state index contributed by atoms with van der Waals surface area (Å²) in [6.07, 6.45) is 4.83. The molecule has 1 aliphatic rings. The van der Waals surface area contributed by atoms with Crippen molar-refractivity contribution in [3.8, 4) is 11.1 Å². The van der Waals surface area contributed by atoms with Gasteiger partial charge in [-0.2, -0.15) is 0 Å². The zero-order valence-electron chi connectivity index (χ0n) is 20.3. The monoisotopic (exact) mass is 463 g/mol. The normalized spacial score (nSPS) is 13.8. The Bertz CT molecular complexity index is 1160. The second-order valence-corrected chi connectivity index (χ2v) is 8.48. The number of fused-ring (bicyclic) bond motifs is 1. The predicted octanol–water partition coefficient (Wildman–Crippen LogP) is 5.30. The van der Waals surface area contributed by atoms with Gasteiger partial charge < -0.3 is 14.4 Å². The molecule has 7 heteroatoms. The number of nitrogens with zero attached hydrogens (tertiary/aromatic N) is 3. The topological polar surface area (TPSA) is 73.1 Å². The van der Waals surface area contributed by atoms with Gasteiger partial charge in [-0.25, -0.2) is 14.1 Å². The molecule has 1 aliphatic heterocycles. The fourth-order valence-electron chi connectivity index (χ4n) is 4.71. The Hall–Kier alpha value is -3.35. The van der Waals surface area contributed by atoms with E-state index in [1.807, 2.05) is 43.3 Å². The first kappa shape index (κ1) is 23.8. The Morgan fingerprint density at radius 3 is 2.18 bits per heavy atom. The van der Waals surface area contributed by atoms with Crippen molar-refractivity contribution in [2.75, 3.05) is 31.2 Å². The number of carbonyl (C=O) groups excluding carboxylic acids is 2. The summed E-state index contributed by atoms with van der Waals surface area (Å²) in [5.74, 6) is -0.197. The minimum absolute atomic E-state index is 0.210. The molecule has 2 aromatic heterocycles. The van der Waals surface area contributed by atoms with Gasteiger partial charge in [-0.1, -0.05) is 43.7 Å². The SMILES string of the molecule is CCCc1c(C(=O)OCC)c(C(=O)OCC)c2c(-c3ccccc3)cc(N3CCCCC3)nn12. The zero-order valence-corrected chi connectivity index (χ0v) is 20.3. The van der Waals surface area contributed by atoms with Gasteiger partial charge in [0.1, 0.15) is 11.4 Å². The third kappa shape index (κ3) is 4.52. The van der Waals surface area contributed by atoms with Crippen LogP contribution in [0.2, 0.25) is 0 Å². The minimum atomic E-state index is -0.532. The molecule has 0 bridgehead atoms. The molecule has 0 spiro atoms. The number of esters is 2. The lowest BCUT2D eigenvalue weighted by Gasteiger charge is -2.28. The third-order valence-corrected chi connectivity index (χ3v) is 6.18. The second-order valence-electron chi connectivity index (χ2n) is 8.48. The van der Waals surface area contributed by atoms with Gasteiger partial charge in [-0.3, -0.25) is 0 Å². The van der Waals surface area contributed by atoms with Crippen LogP contribution < -0.4 is 4.90 Å². The smallest absolute Gasteiger partial charge is 0.341 e. The third-order valence-electron chi connectivity index (χ3n) is 6.18. The molecule has 1 fully saturated rings. The van der Waals surface area contributed by atoms with Gasteiger partial charge in [0.15, 0.2) is 0 Å². The molecule has 0 saturated carbocycles. The van der Waals surface area contributed by atoms with Crippen molar-refractivity contribution in [3.05, 3.63) is 53.2 Å². The van der Waals surface area contributed by atoms with Crippen molar-refractivity contribution in [3.63, 3.8) is 0 Å². The van der Waals surface area contributed by atoms with Crippen LogP contribution in [0.1, 0.15) is 72.9 Å². The van der Waals surface area contributed by atoms with Crippen LogP contribution in [0.5, 0.6) is 0 Å². The van der Waals surface area contributed by atoms with E-state index in [2.05, 4.69) is 4.90 Å². The molecule has 3 heterocycles. The first-order chi connectivity index (χ1) is 16.6. The molecule has 4 rings (SSSR count). The van der Waals surface area contributed by atoms with Crippen molar-refractivity contribution in [1.29, 1.82) is 0 Å². The Morgan fingerprint density at radius 1 is 0.912 bits per heavy atom. The van der Waals surface area contributed by atoms with Gasteiger partial charge in [0, 0.05) is 18.7 Å². The van der Waals surface area contributed by atoms with Crippen molar-refractivity contribution >= 4 is 23.3 Å². The van der Waals surface area contributed by atoms with E-state index in [0.29, 0.717) is 17.6 Å². The van der Waals surface area contributed by atoms with Gasteiger partial charge in [0.05, 0.1) is 30.0 Å². The van der Waals surface area contributed by atoms with E-state index in [1.165, 1.54) is 6.42 Å². The van der Waals surface area contributed by atoms with E-state index in [1.54, 1.807) is 18.4 Å². The summed E-state index contributed by atoms with van der Waals surface area (Å²) >= 11 is 0. The highest BCUT2D eigenvalue weighted by Crippen LogP contribution is 2.36. The number of piperidine rings is 1. The van der Waals surface area contributed by atoms with Gasteiger partial charge in [-0.15, -0.1) is 5.10 Å². The molecule has 0 radical (unpaired) electrons. The molecule has 0 unspecified atom stereocenters. The summed E-state index contributed by atoms with van der Waals surface area (Å²) in [5.41, 5.74) is 3.59. The van der Waals surface area contributed by atoms with Crippen LogP contribution in [0, 0.1) is 0 Å². The number of hydrogen-bond donors (Lipinski definition) is 0. The largest absolute Gasteiger partial charge is 0.462 e. The molecular weight excluding hydrogens is 430 g/mol. The van der Waals surface area contributed by atoms with E-state index in [4.69, 9.17) is 14.6 Å². The number of anilines is 1. The van der Waals surface area contributed by atoms with Gasteiger partial charge in [0.25, 0.3) is 0 Å². The molecule has 0 atom stereocenters. The molecule has 3 aromatic rings. The summed E-state index contributed by atoms with van der Waals surface area (Å²) < 4.78 is 12.6. The number of rotatable bonds is 8. The molecular formula is C27H33N3O4. The van der Waals surface area contributed by atoms with Crippen molar-refractivity contribution < 1.29 is 19.1 Å². The van der Waals surface area contributed by atoms with Crippen molar-refractivity contribution in [1.82, 2.24) is 9.61 Å². The van der Waals surface area contributed by atoms with Crippen LogP contribution in [0.15, 0.2) is 36.4 Å². The van der Waals surface area contributed by atoms with Crippen LogP contribution in [0.25, 0.3) is 16.6 Å². The first-order valence-electron chi connectivity index (χ1n) is 12.3. The molecule has 34 heavy (non-hydrogen) atoms. The summed E-state index contributed by atoms with van der Waals surface area (Å²) in [4.78, 5) is 28.8. The van der Waals surface area contributed by atoms with E-state index in [0.717, 1.165) is 49.3 Å². The van der Waals surface area contributed by atoms with Crippen LogP contribution in [-0.4, -0.2) is 47.9 Å². The predicted molar refractivity (Wildman–Crippen MR) is 133 cm³/mol. The molecule has 1 saturated heterocycles. The van der Waals surface area contributed by atoms with Crippen molar-refractivity contribution in [2.24, 2.45) is 0 Å². The number of carbonyl (C=O) groups is 2. The standard InChI is InChI=1S/C27H33N3O4/c1-4-13-21-23(26(31)33-5-2)24(27(32)34-6-3)25-20(19-14-9-7-10-15-19)18-22(28-30(21)25)29-16-11-8-12-17-29/h7,9-10,14-15,18H,4-6,8,11-13,16-17H2,1-3H3. The van der Waals surface area contributed by atoms with Gasteiger partial charge >= 0.3 is 11.9 Å². The number of aromatic nitrogens is 2. The number of aryl methyl sites for hydroxylation is 1.